The predicted molar refractivity (Wildman–Crippen MR) is 119 cm³/mol. The Bertz CT molecular complexity index is 994. The lowest BCUT2D eigenvalue weighted by Crippen LogP contribution is -2.43. The highest BCUT2D eigenvalue weighted by molar-refractivity contribution is 6.00. The standard InChI is InChI=1S/C24H31N3O5/c1-24(2)11-16-21(17(28)12-24)20(15(13-25)23(26)27(16)7-8-29-3)14-9-18(30-4)22(32-6)19(10-14)31-5/h9-10,20H,7-8,11-12,26H2,1-6H3/t20-/m1/s1. The van der Waals surface area contributed by atoms with Crippen molar-refractivity contribution in [2.75, 3.05) is 41.6 Å². The minimum Gasteiger partial charge on any atom is -0.493 e. The summed E-state index contributed by atoms with van der Waals surface area (Å²) in [4.78, 5) is 15.3. The molecule has 0 aromatic heterocycles. The molecule has 8 heteroatoms. The number of nitrogens with zero attached hydrogens (tertiary/aromatic N) is 2. The topological polar surface area (TPSA) is 107 Å². The first kappa shape index (κ1) is 23.5. The lowest BCUT2D eigenvalue weighted by Gasteiger charge is -2.43. The van der Waals surface area contributed by atoms with Crippen molar-refractivity contribution in [2.45, 2.75) is 32.6 Å². The molecule has 3 rings (SSSR count). The van der Waals surface area contributed by atoms with Crippen molar-refractivity contribution in [2.24, 2.45) is 11.1 Å². The van der Waals surface area contributed by atoms with Crippen molar-refractivity contribution in [3.63, 3.8) is 0 Å². The number of nitriles is 1. The van der Waals surface area contributed by atoms with Gasteiger partial charge in [0, 0.05) is 31.3 Å². The predicted octanol–water partition coefficient (Wildman–Crippen LogP) is 3.10. The van der Waals surface area contributed by atoms with E-state index in [1.807, 2.05) is 4.90 Å². The minimum atomic E-state index is -0.619. The van der Waals surface area contributed by atoms with Crippen LogP contribution in [0.5, 0.6) is 17.2 Å². The summed E-state index contributed by atoms with van der Waals surface area (Å²) in [6, 6.07) is 5.81. The zero-order valence-corrected chi connectivity index (χ0v) is 19.6. The molecule has 2 N–H and O–H groups in total. The van der Waals surface area contributed by atoms with Crippen LogP contribution in [0.4, 0.5) is 0 Å². The second kappa shape index (κ2) is 9.13. The molecule has 2 aliphatic rings. The molecule has 0 amide bonds. The summed E-state index contributed by atoms with van der Waals surface area (Å²) in [5.74, 6) is 1.07. The number of carbonyl (C=O) groups is 1. The number of hydrogen-bond acceptors (Lipinski definition) is 8. The van der Waals surface area contributed by atoms with Gasteiger partial charge in [0.25, 0.3) is 0 Å². The van der Waals surface area contributed by atoms with Crippen molar-refractivity contribution in [3.8, 4) is 23.3 Å². The van der Waals surface area contributed by atoms with E-state index in [0.717, 1.165) is 5.70 Å². The van der Waals surface area contributed by atoms with Crippen LogP contribution in [0.1, 0.15) is 38.2 Å². The fourth-order valence-corrected chi connectivity index (χ4v) is 4.61. The maximum Gasteiger partial charge on any atom is 0.203 e. The first-order chi connectivity index (χ1) is 15.2. The third-order valence-corrected chi connectivity index (χ3v) is 6.03. The van der Waals surface area contributed by atoms with Crippen molar-refractivity contribution in [3.05, 3.63) is 40.4 Å². The zero-order chi connectivity index (χ0) is 23.6. The first-order valence-corrected chi connectivity index (χ1v) is 10.4. The molecule has 0 radical (unpaired) electrons. The molecule has 1 aliphatic heterocycles. The van der Waals surface area contributed by atoms with E-state index >= 15 is 0 Å². The molecule has 0 saturated heterocycles. The first-order valence-electron chi connectivity index (χ1n) is 10.4. The second-order valence-corrected chi connectivity index (χ2v) is 8.75. The van der Waals surface area contributed by atoms with E-state index in [1.54, 1.807) is 19.2 Å². The molecule has 1 aromatic carbocycles. The number of benzene rings is 1. The van der Waals surface area contributed by atoms with E-state index in [1.165, 1.54) is 21.3 Å². The van der Waals surface area contributed by atoms with Crippen LogP contribution in [0.2, 0.25) is 0 Å². The Labute approximate surface area is 189 Å². The highest BCUT2D eigenvalue weighted by atomic mass is 16.5. The normalized spacial score (nSPS) is 20.1. The SMILES string of the molecule is COCCN1C(N)=C(C#N)[C@@H](c2cc(OC)c(OC)c(OC)c2)C2=C1CC(C)(C)CC2=O. The van der Waals surface area contributed by atoms with Crippen LogP contribution in [0, 0.1) is 16.7 Å². The maximum absolute atomic E-state index is 13.5. The minimum absolute atomic E-state index is 0.0117. The molecule has 0 bridgehead atoms. The molecule has 1 aliphatic carbocycles. The third-order valence-electron chi connectivity index (χ3n) is 6.03. The summed E-state index contributed by atoms with van der Waals surface area (Å²) >= 11 is 0. The van der Waals surface area contributed by atoms with E-state index in [4.69, 9.17) is 24.7 Å². The Morgan fingerprint density at radius 1 is 1.12 bits per heavy atom. The molecule has 1 atom stereocenters. The summed E-state index contributed by atoms with van der Waals surface area (Å²) in [7, 11) is 6.20. The summed E-state index contributed by atoms with van der Waals surface area (Å²) in [6.45, 7) is 5.01. The molecule has 1 heterocycles. The highest BCUT2D eigenvalue weighted by Crippen LogP contribution is 2.51. The lowest BCUT2D eigenvalue weighted by molar-refractivity contribution is -0.118. The van der Waals surface area contributed by atoms with Gasteiger partial charge in [-0.15, -0.1) is 0 Å². The zero-order valence-electron chi connectivity index (χ0n) is 19.6. The van der Waals surface area contributed by atoms with Crippen molar-refractivity contribution in [1.29, 1.82) is 5.26 Å². The van der Waals surface area contributed by atoms with Gasteiger partial charge >= 0.3 is 0 Å². The molecule has 0 saturated carbocycles. The Hall–Kier alpha value is -3.18. The average molecular weight is 442 g/mol. The lowest BCUT2D eigenvalue weighted by atomic mass is 9.68. The van der Waals surface area contributed by atoms with Gasteiger partial charge in [0.1, 0.15) is 5.82 Å². The fraction of sp³-hybridized carbons (Fsp3) is 0.500. The Kier molecular flexibility index (Phi) is 6.70. The molecular weight excluding hydrogens is 410 g/mol. The Morgan fingerprint density at radius 2 is 1.75 bits per heavy atom. The van der Waals surface area contributed by atoms with Gasteiger partial charge in [-0.2, -0.15) is 5.26 Å². The number of rotatable bonds is 7. The van der Waals surface area contributed by atoms with Crippen molar-refractivity contribution >= 4 is 5.78 Å². The van der Waals surface area contributed by atoms with Gasteiger partial charge in [-0.25, -0.2) is 0 Å². The van der Waals surface area contributed by atoms with Crippen molar-refractivity contribution < 1.29 is 23.7 Å². The van der Waals surface area contributed by atoms with Gasteiger partial charge in [0.05, 0.1) is 45.5 Å². The van der Waals surface area contributed by atoms with Crippen LogP contribution in [0.15, 0.2) is 34.8 Å². The Morgan fingerprint density at radius 3 is 2.25 bits per heavy atom. The van der Waals surface area contributed by atoms with Crippen molar-refractivity contribution in [1.82, 2.24) is 4.90 Å². The van der Waals surface area contributed by atoms with Gasteiger partial charge in [-0.1, -0.05) is 13.8 Å². The molecule has 1 aromatic rings. The molecule has 8 nitrogen and oxygen atoms in total. The Balaban J connectivity index is 2.29. The van der Waals surface area contributed by atoms with Gasteiger partial charge in [-0.3, -0.25) is 4.79 Å². The van der Waals surface area contributed by atoms with Gasteiger partial charge in [0.15, 0.2) is 17.3 Å². The molecular formula is C24H31N3O5. The monoisotopic (exact) mass is 441 g/mol. The van der Waals surface area contributed by atoms with E-state index in [0.29, 0.717) is 65.8 Å². The molecule has 0 unspecified atom stereocenters. The molecule has 172 valence electrons. The van der Waals surface area contributed by atoms with E-state index in [9.17, 15) is 10.1 Å². The highest BCUT2D eigenvalue weighted by Gasteiger charge is 2.44. The number of ketones is 1. The van der Waals surface area contributed by atoms with Gasteiger partial charge in [-0.05, 0) is 29.5 Å². The molecule has 32 heavy (non-hydrogen) atoms. The van der Waals surface area contributed by atoms with Crippen LogP contribution in [-0.2, 0) is 9.53 Å². The fourth-order valence-electron chi connectivity index (χ4n) is 4.61. The number of carbonyl (C=O) groups excluding carboxylic acids is 1. The molecule has 0 spiro atoms. The average Bonchev–Trinajstić information content (AvgIpc) is 2.76. The van der Waals surface area contributed by atoms with E-state index in [2.05, 4.69) is 19.9 Å². The second-order valence-electron chi connectivity index (χ2n) is 8.75. The summed E-state index contributed by atoms with van der Waals surface area (Å²) in [5, 5.41) is 10.1. The number of nitrogens with two attached hydrogens (primary N) is 1. The van der Waals surface area contributed by atoms with Crippen LogP contribution in [0.25, 0.3) is 0 Å². The number of hydrogen-bond donors (Lipinski definition) is 1. The number of methoxy groups -OCH3 is 4. The van der Waals surface area contributed by atoms with Crippen LogP contribution in [0.3, 0.4) is 0 Å². The summed E-state index contributed by atoms with van der Waals surface area (Å²) in [5.41, 5.74) is 8.77. The quantitative estimate of drug-likeness (QED) is 0.688. The van der Waals surface area contributed by atoms with Crippen LogP contribution < -0.4 is 19.9 Å². The maximum atomic E-state index is 13.5. The largest absolute Gasteiger partial charge is 0.493 e. The van der Waals surface area contributed by atoms with E-state index < -0.39 is 5.92 Å². The van der Waals surface area contributed by atoms with Crippen LogP contribution in [-0.4, -0.2) is 52.3 Å². The van der Waals surface area contributed by atoms with Gasteiger partial charge < -0.3 is 29.6 Å². The number of allylic oxidation sites excluding steroid dienone is 3. The number of Topliss-reactive ketones (excluding diaryl/α,β-unsaturated/α-hetero) is 1. The summed E-state index contributed by atoms with van der Waals surface area (Å²) in [6.07, 6.45) is 1.06. The van der Waals surface area contributed by atoms with Gasteiger partial charge in [0.2, 0.25) is 5.75 Å². The number of ether oxygens (including phenoxy) is 4. The van der Waals surface area contributed by atoms with E-state index in [-0.39, 0.29) is 11.2 Å². The smallest absolute Gasteiger partial charge is 0.203 e. The third kappa shape index (κ3) is 4.00. The van der Waals surface area contributed by atoms with Crippen LogP contribution >= 0.6 is 0 Å². The molecule has 0 fully saturated rings. The summed E-state index contributed by atoms with van der Waals surface area (Å²) < 4.78 is 21.7.